The first kappa shape index (κ1) is 12.8. The predicted molar refractivity (Wildman–Crippen MR) is 68.1 cm³/mol. The van der Waals surface area contributed by atoms with Crippen LogP contribution in [0.4, 0.5) is 0 Å². The van der Waals surface area contributed by atoms with Gasteiger partial charge >= 0.3 is 0 Å². The Hall–Kier alpha value is -2.68. The quantitative estimate of drug-likeness (QED) is 0.807. The van der Waals surface area contributed by atoms with Crippen LogP contribution < -0.4 is 5.32 Å². The van der Waals surface area contributed by atoms with Gasteiger partial charge in [0, 0.05) is 31.7 Å². The lowest BCUT2D eigenvalue weighted by Crippen LogP contribution is -2.26. The van der Waals surface area contributed by atoms with Crippen molar-refractivity contribution in [1.29, 1.82) is 5.26 Å². The second kappa shape index (κ2) is 6.31. The molecule has 2 rings (SSSR count). The number of aromatic nitrogens is 3. The minimum absolute atomic E-state index is 0.232. The molecule has 0 fully saturated rings. The summed E-state index contributed by atoms with van der Waals surface area (Å²) in [5.41, 5.74) is 0.758. The van der Waals surface area contributed by atoms with Crippen LogP contribution in [0.1, 0.15) is 22.5 Å². The molecule has 6 nitrogen and oxygen atoms in total. The van der Waals surface area contributed by atoms with Crippen molar-refractivity contribution in [2.75, 3.05) is 6.54 Å². The van der Waals surface area contributed by atoms with E-state index in [1.165, 1.54) is 6.20 Å². The molecule has 1 amide bonds. The summed E-state index contributed by atoms with van der Waals surface area (Å²) in [4.78, 5) is 15.7. The highest BCUT2D eigenvalue weighted by molar-refractivity contribution is 5.92. The molecule has 2 heterocycles. The van der Waals surface area contributed by atoms with Gasteiger partial charge in [-0.3, -0.25) is 9.48 Å². The smallest absolute Gasteiger partial charge is 0.269 e. The normalized spacial score (nSPS) is 9.84. The van der Waals surface area contributed by atoms with Gasteiger partial charge in [0.25, 0.3) is 5.91 Å². The van der Waals surface area contributed by atoms with Gasteiger partial charge < -0.3 is 5.32 Å². The van der Waals surface area contributed by atoms with E-state index in [1.807, 2.05) is 23.0 Å². The number of hydrogen-bond acceptors (Lipinski definition) is 4. The van der Waals surface area contributed by atoms with Crippen LogP contribution in [0, 0.1) is 11.3 Å². The first-order chi connectivity index (χ1) is 9.29. The van der Waals surface area contributed by atoms with Crippen molar-refractivity contribution in [2.24, 2.45) is 0 Å². The molecule has 0 spiro atoms. The summed E-state index contributed by atoms with van der Waals surface area (Å²) in [6.45, 7) is 1.31. The summed E-state index contributed by atoms with van der Waals surface area (Å²) in [5, 5.41) is 15.5. The molecule has 96 valence electrons. The maximum Gasteiger partial charge on any atom is 0.269 e. The van der Waals surface area contributed by atoms with Crippen LogP contribution in [0.2, 0.25) is 0 Å². The predicted octanol–water partition coefficient (Wildman–Crippen LogP) is 0.970. The number of carbonyl (C=O) groups excluding carboxylic acids is 1. The summed E-state index contributed by atoms with van der Waals surface area (Å²) in [7, 11) is 0. The highest BCUT2D eigenvalue weighted by Crippen LogP contribution is 1.98. The lowest BCUT2D eigenvalue weighted by molar-refractivity contribution is 0.0947. The molecule has 0 aliphatic heterocycles. The van der Waals surface area contributed by atoms with E-state index in [4.69, 9.17) is 5.26 Å². The Morgan fingerprint density at radius 1 is 1.47 bits per heavy atom. The van der Waals surface area contributed by atoms with Crippen molar-refractivity contribution >= 4 is 5.91 Å². The van der Waals surface area contributed by atoms with Gasteiger partial charge in [-0.15, -0.1) is 0 Å². The fourth-order valence-electron chi connectivity index (χ4n) is 1.56. The largest absolute Gasteiger partial charge is 0.351 e. The second-order valence-corrected chi connectivity index (χ2v) is 3.92. The Labute approximate surface area is 110 Å². The van der Waals surface area contributed by atoms with Gasteiger partial charge in [0.2, 0.25) is 0 Å². The highest BCUT2D eigenvalue weighted by Gasteiger charge is 2.05. The molecule has 2 aromatic rings. The maximum atomic E-state index is 11.7. The van der Waals surface area contributed by atoms with Crippen LogP contribution in [0.5, 0.6) is 0 Å². The molecule has 0 saturated carbocycles. The zero-order chi connectivity index (χ0) is 13.5. The van der Waals surface area contributed by atoms with Crippen molar-refractivity contribution in [3.63, 3.8) is 0 Å². The van der Waals surface area contributed by atoms with Crippen molar-refractivity contribution < 1.29 is 4.79 Å². The Morgan fingerprint density at radius 3 is 3.00 bits per heavy atom. The molecule has 1 N–H and O–H groups in total. The lowest BCUT2D eigenvalue weighted by atomic mass is 10.2. The number of hydrogen-bond donors (Lipinski definition) is 1. The van der Waals surface area contributed by atoms with Crippen LogP contribution in [0.15, 0.2) is 36.8 Å². The van der Waals surface area contributed by atoms with E-state index in [0.29, 0.717) is 17.8 Å². The molecular formula is C13H13N5O. The number of nitrogens with one attached hydrogen (secondary N) is 1. The third-order valence-electron chi connectivity index (χ3n) is 2.53. The molecule has 6 heteroatoms. The zero-order valence-corrected chi connectivity index (χ0v) is 10.3. The van der Waals surface area contributed by atoms with Crippen LogP contribution in [-0.4, -0.2) is 27.2 Å². The Bertz CT molecular complexity index is 568. The molecule has 0 aromatic carbocycles. The third kappa shape index (κ3) is 3.64. The van der Waals surface area contributed by atoms with E-state index in [0.717, 1.165) is 13.0 Å². The molecule has 0 aliphatic carbocycles. The number of carbonyl (C=O) groups is 1. The first-order valence-electron chi connectivity index (χ1n) is 5.91. The standard InChI is InChI=1S/C13H13N5O/c14-9-11-3-4-12(16-10-11)13(19)15-5-1-7-18-8-2-6-17-18/h2-4,6,8,10H,1,5,7H2,(H,15,19). The summed E-state index contributed by atoms with van der Waals surface area (Å²) in [5.74, 6) is -0.232. The Kier molecular flexibility index (Phi) is 4.24. The lowest BCUT2D eigenvalue weighted by Gasteiger charge is -2.04. The van der Waals surface area contributed by atoms with Crippen LogP contribution in [-0.2, 0) is 6.54 Å². The summed E-state index contributed by atoms with van der Waals surface area (Å²) in [6.07, 6.45) is 5.78. The van der Waals surface area contributed by atoms with E-state index >= 15 is 0 Å². The molecule has 0 radical (unpaired) electrons. The number of nitriles is 1. The van der Waals surface area contributed by atoms with Crippen molar-refractivity contribution in [3.05, 3.63) is 48.0 Å². The SMILES string of the molecule is N#Cc1ccc(C(=O)NCCCn2cccn2)nc1. The number of nitrogens with zero attached hydrogens (tertiary/aromatic N) is 4. The van der Waals surface area contributed by atoms with E-state index in [2.05, 4.69) is 15.4 Å². The minimum Gasteiger partial charge on any atom is -0.351 e. The molecule has 0 atom stereocenters. The van der Waals surface area contributed by atoms with E-state index in [1.54, 1.807) is 18.3 Å². The Balaban J connectivity index is 1.76. The van der Waals surface area contributed by atoms with Gasteiger partial charge in [0.1, 0.15) is 11.8 Å². The number of rotatable bonds is 5. The summed E-state index contributed by atoms with van der Waals surface area (Å²) < 4.78 is 1.81. The average Bonchev–Trinajstić information content (AvgIpc) is 2.96. The molecule has 0 bridgehead atoms. The molecule has 2 aromatic heterocycles. The summed E-state index contributed by atoms with van der Waals surface area (Å²) >= 11 is 0. The topological polar surface area (TPSA) is 83.6 Å². The molecule has 0 saturated heterocycles. The number of amides is 1. The maximum absolute atomic E-state index is 11.7. The summed E-state index contributed by atoms with van der Waals surface area (Å²) in [6, 6.07) is 6.94. The second-order valence-electron chi connectivity index (χ2n) is 3.92. The molecule has 0 aliphatic rings. The van der Waals surface area contributed by atoms with Gasteiger partial charge in [0.05, 0.1) is 5.56 Å². The van der Waals surface area contributed by atoms with Gasteiger partial charge in [-0.2, -0.15) is 10.4 Å². The minimum atomic E-state index is -0.232. The van der Waals surface area contributed by atoms with Crippen molar-refractivity contribution in [2.45, 2.75) is 13.0 Å². The zero-order valence-electron chi connectivity index (χ0n) is 10.3. The van der Waals surface area contributed by atoms with E-state index < -0.39 is 0 Å². The van der Waals surface area contributed by atoms with Crippen molar-refractivity contribution in [3.8, 4) is 6.07 Å². The Morgan fingerprint density at radius 2 is 2.37 bits per heavy atom. The monoisotopic (exact) mass is 255 g/mol. The van der Waals surface area contributed by atoms with E-state index in [9.17, 15) is 4.79 Å². The highest BCUT2D eigenvalue weighted by atomic mass is 16.1. The van der Waals surface area contributed by atoms with Crippen LogP contribution in [0.25, 0.3) is 0 Å². The van der Waals surface area contributed by atoms with Gasteiger partial charge in [-0.05, 0) is 24.6 Å². The number of pyridine rings is 1. The van der Waals surface area contributed by atoms with Crippen LogP contribution >= 0.6 is 0 Å². The molecule has 0 unspecified atom stereocenters. The van der Waals surface area contributed by atoms with Gasteiger partial charge in [-0.1, -0.05) is 0 Å². The van der Waals surface area contributed by atoms with Gasteiger partial charge in [-0.25, -0.2) is 4.98 Å². The van der Waals surface area contributed by atoms with Crippen molar-refractivity contribution in [1.82, 2.24) is 20.1 Å². The fraction of sp³-hybridized carbons (Fsp3) is 0.231. The first-order valence-corrected chi connectivity index (χ1v) is 5.91. The van der Waals surface area contributed by atoms with Crippen LogP contribution in [0.3, 0.4) is 0 Å². The third-order valence-corrected chi connectivity index (χ3v) is 2.53. The van der Waals surface area contributed by atoms with Gasteiger partial charge in [0.15, 0.2) is 0 Å². The van der Waals surface area contributed by atoms with E-state index in [-0.39, 0.29) is 5.91 Å². The molecule has 19 heavy (non-hydrogen) atoms. The number of aryl methyl sites for hydroxylation is 1. The average molecular weight is 255 g/mol. The fourth-order valence-corrected chi connectivity index (χ4v) is 1.56. The molecular weight excluding hydrogens is 242 g/mol.